The van der Waals surface area contributed by atoms with Gasteiger partial charge in [0.1, 0.15) is 12.2 Å². The van der Waals surface area contributed by atoms with E-state index < -0.39 is 59.7 Å². The highest BCUT2D eigenvalue weighted by Crippen LogP contribution is 2.66. The highest BCUT2D eigenvalue weighted by atomic mass is 31.3. The molecule has 188 valence electrons. The van der Waals surface area contributed by atoms with Crippen molar-refractivity contribution in [2.75, 3.05) is 12.3 Å². The number of anilines is 1. The number of alkyl halides is 1. The maximum Gasteiger partial charge on any atom is 0.490 e. The first-order valence-electron chi connectivity index (χ1n) is 8.49. The molecule has 3 heterocycles. The number of aromatic nitrogens is 4. The molecule has 1 aliphatic rings. The number of rotatable bonds is 8. The quantitative estimate of drug-likeness (QED) is 0.148. The van der Waals surface area contributed by atoms with Crippen molar-refractivity contribution < 1.29 is 60.6 Å². The van der Waals surface area contributed by atoms with Crippen LogP contribution in [0.4, 0.5) is 10.3 Å². The van der Waals surface area contributed by atoms with Gasteiger partial charge in [0.2, 0.25) is 11.6 Å². The van der Waals surface area contributed by atoms with Crippen LogP contribution in [0.15, 0.2) is 11.1 Å². The zero-order valence-electron chi connectivity index (χ0n) is 16.2. The van der Waals surface area contributed by atoms with Crippen LogP contribution in [-0.2, 0) is 31.6 Å². The number of hydrogen-bond acceptors (Lipinski definition) is 12. The van der Waals surface area contributed by atoms with Crippen molar-refractivity contribution in [2.45, 2.75) is 24.1 Å². The number of aromatic amines is 1. The van der Waals surface area contributed by atoms with E-state index in [9.17, 15) is 28.5 Å². The Hall–Kier alpha value is -2.03. The Labute approximate surface area is 186 Å². The molecule has 0 spiro atoms. The van der Waals surface area contributed by atoms with Crippen LogP contribution < -0.4 is 11.3 Å². The van der Waals surface area contributed by atoms with Gasteiger partial charge in [-0.2, -0.15) is 13.6 Å². The lowest BCUT2D eigenvalue weighted by atomic mass is 9.97. The summed E-state index contributed by atoms with van der Waals surface area (Å²) in [6, 6.07) is 0. The number of nitrogen functional groups attached to an aromatic ring is 1. The van der Waals surface area contributed by atoms with E-state index in [0.717, 1.165) is 10.9 Å². The minimum absolute atomic E-state index is 0.288. The van der Waals surface area contributed by atoms with Gasteiger partial charge in [0.25, 0.3) is 5.56 Å². The second kappa shape index (κ2) is 8.88. The molecular weight excluding hydrogens is 534 g/mol. The lowest BCUT2D eigenvalue weighted by molar-refractivity contribution is -0.0496. The van der Waals surface area contributed by atoms with Crippen molar-refractivity contribution in [3.63, 3.8) is 0 Å². The molecule has 1 aliphatic heterocycles. The first-order valence-corrected chi connectivity index (χ1v) is 13.0. The molecule has 3 unspecified atom stereocenters. The predicted octanol–water partition coefficient (Wildman–Crippen LogP) is -1.36. The van der Waals surface area contributed by atoms with E-state index in [2.05, 4.69) is 28.1 Å². The van der Waals surface area contributed by atoms with Crippen molar-refractivity contribution in [2.24, 2.45) is 0 Å². The lowest BCUT2D eigenvalue weighted by Gasteiger charge is -2.23. The monoisotopic (exact) mass is 549 g/mol. The molecular formula is C12H15FN5O13P3. The number of hydrogen-bond donors (Lipinski definition) is 7. The summed E-state index contributed by atoms with van der Waals surface area (Å²) in [5, 5.41) is 10.3. The van der Waals surface area contributed by atoms with Crippen LogP contribution in [0.25, 0.3) is 11.2 Å². The number of ether oxygens (including phenoxy) is 1. The van der Waals surface area contributed by atoms with Crippen molar-refractivity contribution in [1.29, 1.82) is 0 Å². The molecule has 6 atom stereocenters. The van der Waals surface area contributed by atoms with Gasteiger partial charge in [0.05, 0.1) is 12.9 Å². The van der Waals surface area contributed by atoms with Gasteiger partial charge >= 0.3 is 23.5 Å². The third kappa shape index (κ3) is 5.44. The van der Waals surface area contributed by atoms with Crippen LogP contribution in [0.2, 0.25) is 0 Å². The van der Waals surface area contributed by atoms with Crippen LogP contribution in [0.1, 0.15) is 6.23 Å². The topological polar surface area (TPSA) is 279 Å². The van der Waals surface area contributed by atoms with Crippen molar-refractivity contribution in [1.82, 2.24) is 19.5 Å². The molecule has 22 heteroatoms. The lowest BCUT2D eigenvalue weighted by Crippen LogP contribution is -2.42. The van der Waals surface area contributed by atoms with Crippen molar-refractivity contribution in [3.05, 3.63) is 16.7 Å². The molecule has 0 aromatic carbocycles. The van der Waals surface area contributed by atoms with Crippen LogP contribution >= 0.6 is 23.5 Å². The van der Waals surface area contributed by atoms with Gasteiger partial charge < -0.3 is 35.2 Å². The SMILES string of the molecule is C#C[C@@]1(F)C(O)[C@@H](COP(=O)(O)OP(=O)(O)OP(=O)(O)O)O[C@H]1n1cnc2c(=O)[nH]c(N)nc21. The summed E-state index contributed by atoms with van der Waals surface area (Å²) in [5.41, 5.74) is 1.06. The minimum atomic E-state index is -5.81. The minimum Gasteiger partial charge on any atom is -0.386 e. The summed E-state index contributed by atoms with van der Waals surface area (Å²) in [6.07, 6.45) is 0.120. The number of nitrogens with one attached hydrogen (secondary N) is 1. The third-order valence-corrected chi connectivity index (χ3v) is 7.99. The zero-order valence-corrected chi connectivity index (χ0v) is 18.9. The summed E-state index contributed by atoms with van der Waals surface area (Å²) in [4.78, 5) is 57.3. The maximum atomic E-state index is 15.5. The summed E-state index contributed by atoms with van der Waals surface area (Å²) < 4.78 is 66.9. The number of aliphatic hydroxyl groups is 1. The number of halogens is 1. The van der Waals surface area contributed by atoms with E-state index in [0.29, 0.717) is 0 Å². The number of nitrogens with zero attached hydrogens (tertiary/aromatic N) is 3. The molecule has 1 fully saturated rings. The second-order valence-corrected chi connectivity index (χ2v) is 11.0. The predicted molar refractivity (Wildman–Crippen MR) is 105 cm³/mol. The van der Waals surface area contributed by atoms with E-state index >= 15 is 4.39 Å². The highest BCUT2D eigenvalue weighted by molar-refractivity contribution is 7.66. The summed E-state index contributed by atoms with van der Waals surface area (Å²) in [7, 11) is -17.0. The summed E-state index contributed by atoms with van der Waals surface area (Å²) in [5.74, 6) is 1.30. The van der Waals surface area contributed by atoms with Gasteiger partial charge in [-0.15, -0.1) is 6.42 Å². The number of aliphatic hydroxyl groups excluding tert-OH is 1. The van der Waals surface area contributed by atoms with Crippen molar-refractivity contribution >= 4 is 40.6 Å². The van der Waals surface area contributed by atoms with E-state index in [-0.39, 0.29) is 17.1 Å². The molecule has 0 amide bonds. The molecule has 0 bridgehead atoms. The standard InChI is InChI=1S/C12H15FN5O13P3/c1-2-12(13)7(19)5(3-28-33(24,25)31-34(26,27)30-32(21,22)23)29-10(12)18-4-15-6-8(18)16-11(14)17-9(6)20/h1,4-5,7,10,19H,3H2,(H,24,25)(H,26,27)(H2,21,22,23)(H3,14,16,17,20)/t5-,7?,10-,12-/m1/s1. The molecule has 3 rings (SSSR count). The van der Waals surface area contributed by atoms with Crippen LogP contribution in [0, 0.1) is 12.3 Å². The summed E-state index contributed by atoms with van der Waals surface area (Å²) >= 11 is 0. The normalized spacial score (nSPS) is 28.9. The number of imidazole rings is 1. The van der Waals surface area contributed by atoms with Crippen LogP contribution in [0.3, 0.4) is 0 Å². The Bertz CT molecular complexity index is 1350. The van der Waals surface area contributed by atoms with Gasteiger partial charge in [-0.05, 0) is 0 Å². The molecule has 1 saturated heterocycles. The Morgan fingerprint density at radius 2 is 1.94 bits per heavy atom. The molecule has 18 nitrogen and oxygen atoms in total. The fourth-order valence-corrected chi connectivity index (χ4v) is 5.93. The number of phosphoric acid groups is 3. The zero-order chi connectivity index (χ0) is 25.7. The molecule has 0 aliphatic carbocycles. The third-order valence-electron chi connectivity index (χ3n) is 4.19. The number of nitrogens with two attached hydrogens (primary N) is 1. The Balaban J connectivity index is 1.83. The van der Waals surface area contributed by atoms with Gasteiger partial charge in [-0.25, -0.2) is 23.1 Å². The van der Waals surface area contributed by atoms with Crippen LogP contribution in [-0.4, -0.2) is 68.7 Å². The van der Waals surface area contributed by atoms with Gasteiger partial charge in [0.15, 0.2) is 17.4 Å². The van der Waals surface area contributed by atoms with E-state index in [1.807, 2.05) is 0 Å². The first-order chi connectivity index (χ1) is 15.5. The van der Waals surface area contributed by atoms with E-state index in [1.165, 1.54) is 0 Å². The Morgan fingerprint density at radius 1 is 1.29 bits per heavy atom. The second-order valence-electron chi connectivity index (χ2n) is 6.55. The molecule has 0 saturated carbocycles. The fraction of sp³-hybridized carbons (Fsp3) is 0.417. The van der Waals surface area contributed by atoms with Gasteiger partial charge in [0, 0.05) is 0 Å². The van der Waals surface area contributed by atoms with Crippen molar-refractivity contribution in [3.8, 4) is 12.3 Å². The Kier molecular flexibility index (Phi) is 6.94. The summed E-state index contributed by atoms with van der Waals surface area (Å²) in [6.45, 7) is -1.20. The molecule has 2 aromatic rings. The van der Waals surface area contributed by atoms with Gasteiger partial charge in [-0.1, -0.05) is 5.92 Å². The maximum absolute atomic E-state index is 15.5. The average molecular weight is 549 g/mol. The fourth-order valence-electron chi connectivity index (χ4n) is 2.90. The number of phosphoric ester groups is 1. The number of H-pyrrole nitrogens is 1. The molecule has 2 aromatic heterocycles. The van der Waals surface area contributed by atoms with E-state index in [1.54, 1.807) is 5.92 Å². The first kappa shape index (κ1) is 26.6. The molecule has 8 N–H and O–H groups in total. The molecule has 34 heavy (non-hydrogen) atoms. The number of terminal acetylenes is 1. The van der Waals surface area contributed by atoms with Crippen LogP contribution in [0.5, 0.6) is 0 Å². The Morgan fingerprint density at radius 3 is 2.53 bits per heavy atom. The highest BCUT2D eigenvalue weighted by Gasteiger charge is 2.58. The average Bonchev–Trinajstić information content (AvgIpc) is 3.17. The number of fused-ring (bicyclic) bond motifs is 1. The smallest absolute Gasteiger partial charge is 0.386 e. The molecule has 0 radical (unpaired) electrons. The largest absolute Gasteiger partial charge is 0.490 e. The van der Waals surface area contributed by atoms with Gasteiger partial charge in [-0.3, -0.25) is 18.9 Å². The van der Waals surface area contributed by atoms with E-state index in [4.69, 9.17) is 31.6 Å².